The van der Waals surface area contributed by atoms with Gasteiger partial charge in [-0.25, -0.2) is 9.55 Å². The first-order chi connectivity index (χ1) is 8.23. The molecule has 1 aromatic rings. The summed E-state index contributed by atoms with van der Waals surface area (Å²) in [6, 6.07) is 0. The summed E-state index contributed by atoms with van der Waals surface area (Å²) in [5.74, 6) is -0.912. The van der Waals surface area contributed by atoms with E-state index in [-0.39, 0.29) is 0 Å². The predicted molar refractivity (Wildman–Crippen MR) is 53.6 cm³/mol. The van der Waals surface area contributed by atoms with E-state index in [1.165, 1.54) is 5.82 Å². The van der Waals surface area contributed by atoms with Crippen molar-refractivity contribution in [2.24, 2.45) is 7.05 Å². The molecule has 1 rings (SSSR count). The van der Waals surface area contributed by atoms with Crippen LogP contribution >= 0.6 is 0 Å². The molecule has 0 spiro atoms. The molecule has 0 atom stereocenters. The number of nitrogens with zero attached hydrogens (tertiary/aromatic N) is 1. The first-order valence-electron chi connectivity index (χ1n) is 5.12. The van der Waals surface area contributed by atoms with Crippen molar-refractivity contribution in [2.45, 2.75) is 25.9 Å². The van der Waals surface area contributed by atoms with Crippen molar-refractivity contribution in [3.8, 4) is 5.88 Å². The molecule has 0 aliphatic rings. The summed E-state index contributed by atoms with van der Waals surface area (Å²) in [6.45, 7) is 2.16. The van der Waals surface area contributed by atoms with Crippen LogP contribution in [0.3, 0.4) is 0 Å². The van der Waals surface area contributed by atoms with E-state index in [0.29, 0.717) is 0 Å². The minimum absolute atomic E-state index is 0.883. The number of aliphatic carboxylic acids is 1. The van der Waals surface area contributed by atoms with E-state index in [1.54, 1.807) is 7.11 Å². The minimum atomic E-state index is -5.19. The van der Waals surface area contributed by atoms with Crippen molar-refractivity contribution in [1.29, 1.82) is 0 Å². The number of aromatic amines is 1. The average molecular weight is 268 g/mol. The number of carbonyl (C=O) groups excluding carboxylic acids is 1. The molecular weight excluding hydrogens is 253 g/mol. The molecular formula is C10H15F3N2O3. The number of carboxylic acids is 1. The van der Waals surface area contributed by atoms with Gasteiger partial charge in [-0.15, -0.1) is 0 Å². The topological polar surface area (TPSA) is 69.0 Å². The van der Waals surface area contributed by atoms with Crippen LogP contribution in [-0.4, -0.2) is 24.2 Å². The van der Waals surface area contributed by atoms with Crippen LogP contribution < -0.4 is 14.4 Å². The number of aryl methyl sites for hydroxylation is 1. The number of alkyl halides is 3. The van der Waals surface area contributed by atoms with Crippen molar-refractivity contribution in [1.82, 2.24) is 4.98 Å². The molecule has 5 nitrogen and oxygen atoms in total. The number of ether oxygens (including phenoxy) is 1. The summed E-state index contributed by atoms with van der Waals surface area (Å²) in [5.41, 5.74) is 0. The number of aromatic nitrogens is 2. The SMILES string of the molecule is CCCc1[nH]cc(OC)[n+]1C.O=C([O-])C(F)(F)F. The average Bonchev–Trinajstić information content (AvgIpc) is 2.60. The number of carboxylic acid groups (broad SMARTS) is 1. The molecule has 1 aromatic heterocycles. The Balaban J connectivity index is 0.000000360. The van der Waals surface area contributed by atoms with Gasteiger partial charge >= 0.3 is 12.1 Å². The Morgan fingerprint density at radius 3 is 2.33 bits per heavy atom. The summed E-state index contributed by atoms with van der Waals surface area (Å²) >= 11 is 0. The van der Waals surface area contributed by atoms with E-state index in [0.717, 1.165) is 18.7 Å². The first-order valence-corrected chi connectivity index (χ1v) is 5.12. The van der Waals surface area contributed by atoms with Crippen molar-refractivity contribution in [3.05, 3.63) is 12.0 Å². The molecule has 0 bridgehead atoms. The number of rotatable bonds is 3. The maximum absolute atomic E-state index is 10.5. The Bertz CT molecular complexity index is 388. The molecule has 0 radical (unpaired) electrons. The van der Waals surface area contributed by atoms with Gasteiger partial charge in [-0.05, 0) is 6.42 Å². The van der Waals surface area contributed by atoms with E-state index in [1.807, 2.05) is 17.8 Å². The van der Waals surface area contributed by atoms with Gasteiger partial charge in [0.25, 0.3) is 5.82 Å². The smallest absolute Gasteiger partial charge is 0.430 e. The van der Waals surface area contributed by atoms with Crippen LogP contribution in [-0.2, 0) is 18.3 Å². The lowest BCUT2D eigenvalue weighted by atomic mass is 10.3. The van der Waals surface area contributed by atoms with E-state index < -0.39 is 12.1 Å². The molecule has 0 aromatic carbocycles. The number of hydrogen-bond donors (Lipinski definition) is 1. The third kappa shape index (κ3) is 5.07. The Kier molecular flexibility index (Phi) is 6.21. The molecule has 104 valence electrons. The van der Waals surface area contributed by atoms with Gasteiger partial charge in [0.1, 0.15) is 5.97 Å². The number of nitrogens with one attached hydrogen (secondary N) is 1. The van der Waals surface area contributed by atoms with E-state index in [2.05, 4.69) is 11.9 Å². The maximum Gasteiger partial charge on any atom is 0.430 e. The number of halogens is 3. The Hall–Kier alpha value is -1.73. The van der Waals surface area contributed by atoms with Crippen molar-refractivity contribution < 1.29 is 32.4 Å². The summed E-state index contributed by atoms with van der Waals surface area (Å²) in [5, 5.41) is 8.78. The lowest BCUT2D eigenvalue weighted by Crippen LogP contribution is -2.37. The zero-order valence-electron chi connectivity index (χ0n) is 10.3. The van der Waals surface area contributed by atoms with Crippen LogP contribution in [0.25, 0.3) is 0 Å². The van der Waals surface area contributed by atoms with Crippen molar-refractivity contribution >= 4 is 5.97 Å². The van der Waals surface area contributed by atoms with Gasteiger partial charge in [0.15, 0.2) is 6.20 Å². The third-order valence-electron chi connectivity index (χ3n) is 2.03. The fraction of sp³-hybridized carbons (Fsp3) is 0.600. The van der Waals surface area contributed by atoms with Crippen LogP contribution in [0.5, 0.6) is 5.88 Å². The molecule has 0 aliphatic carbocycles. The Labute approximate surface area is 102 Å². The molecule has 0 amide bonds. The molecule has 0 aliphatic heterocycles. The number of H-pyrrole nitrogens is 1. The Morgan fingerprint density at radius 2 is 2.06 bits per heavy atom. The maximum atomic E-state index is 10.5. The molecule has 18 heavy (non-hydrogen) atoms. The highest BCUT2D eigenvalue weighted by molar-refractivity contribution is 5.70. The van der Waals surface area contributed by atoms with Crippen molar-refractivity contribution in [3.63, 3.8) is 0 Å². The molecule has 1 heterocycles. The van der Waals surface area contributed by atoms with Gasteiger partial charge in [0, 0.05) is 6.42 Å². The highest BCUT2D eigenvalue weighted by Gasteiger charge is 2.28. The molecule has 0 fully saturated rings. The van der Waals surface area contributed by atoms with E-state index in [4.69, 9.17) is 14.6 Å². The predicted octanol–water partition coefficient (Wildman–Crippen LogP) is 0.0989. The second kappa shape index (κ2) is 6.87. The van der Waals surface area contributed by atoms with Crippen molar-refractivity contribution in [2.75, 3.05) is 7.11 Å². The van der Waals surface area contributed by atoms with Crippen LogP contribution in [0.2, 0.25) is 0 Å². The summed E-state index contributed by atoms with van der Waals surface area (Å²) in [7, 11) is 3.68. The number of imidazole rings is 1. The largest absolute Gasteiger partial charge is 0.542 e. The zero-order valence-corrected chi connectivity index (χ0v) is 10.3. The second-order valence-corrected chi connectivity index (χ2v) is 3.37. The fourth-order valence-electron chi connectivity index (χ4n) is 1.14. The van der Waals surface area contributed by atoms with Crippen LogP contribution in [0.1, 0.15) is 19.2 Å². The quantitative estimate of drug-likeness (QED) is 0.790. The third-order valence-corrected chi connectivity index (χ3v) is 2.03. The summed E-state index contributed by atoms with van der Waals surface area (Å²) in [6.07, 6.45) is -1.09. The monoisotopic (exact) mass is 268 g/mol. The summed E-state index contributed by atoms with van der Waals surface area (Å²) in [4.78, 5) is 11.9. The fourth-order valence-corrected chi connectivity index (χ4v) is 1.14. The van der Waals surface area contributed by atoms with Gasteiger partial charge in [0.2, 0.25) is 0 Å². The summed E-state index contributed by atoms with van der Waals surface area (Å²) < 4.78 is 38.7. The molecule has 0 saturated heterocycles. The standard InChI is InChI=1S/C8H14N2O.C2HF3O2/c1-4-5-7-9-6-8(11-3)10(7)2;3-2(4,5)1(6)7/h6H,4-5H2,1-3H3;(H,6,7). The van der Waals surface area contributed by atoms with Gasteiger partial charge in [-0.1, -0.05) is 6.92 Å². The lowest BCUT2D eigenvalue weighted by molar-refractivity contribution is -0.682. The normalized spacial score (nSPS) is 10.6. The van der Waals surface area contributed by atoms with E-state index >= 15 is 0 Å². The van der Waals surface area contributed by atoms with Gasteiger partial charge in [0.05, 0.1) is 14.2 Å². The van der Waals surface area contributed by atoms with Crippen LogP contribution in [0, 0.1) is 0 Å². The highest BCUT2D eigenvalue weighted by Crippen LogP contribution is 2.11. The zero-order chi connectivity index (χ0) is 14.3. The lowest BCUT2D eigenvalue weighted by Gasteiger charge is -2.03. The first kappa shape index (κ1) is 16.3. The molecule has 8 heteroatoms. The second-order valence-electron chi connectivity index (χ2n) is 3.37. The number of methoxy groups -OCH3 is 1. The van der Waals surface area contributed by atoms with Gasteiger partial charge in [-0.3, -0.25) is 0 Å². The highest BCUT2D eigenvalue weighted by atomic mass is 19.4. The number of hydrogen-bond acceptors (Lipinski definition) is 3. The van der Waals surface area contributed by atoms with Crippen LogP contribution in [0.15, 0.2) is 6.20 Å². The van der Waals surface area contributed by atoms with E-state index in [9.17, 15) is 13.2 Å². The number of carbonyl (C=O) groups is 1. The molecule has 0 unspecified atom stereocenters. The van der Waals surface area contributed by atoms with Gasteiger partial charge in [-0.2, -0.15) is 13.2 Å². The minimum Gasteiger partial charge on any atom is -0.542 e. The molecule has 1 N–H and O–H groups in total. The van der Waals surface area contributed by atoms with Gasteiger partial charge < -0.3 is 14.6 Å². The van der Waals surface area contributed by atoms with Crippen LogP contribution in [0.4, 0.5) is 13.2 Å². The Morgan fingerprint density at radius 1 is 1.56 bits per heavy atom. The molecule has 0 saturated carbocycles.